The van der Waals surface area contributed by atoms with Crippen LogP contribution < -0.4 is 14.2 Å². The van der Waals surface area contributed by atoms with Crippen LogP contribution in [0.3, 0.4) is 0 Å². The average Bonchev–Trinajstić information content (AvgIpc) is 2.90. The van der Waals surface area contributed by atoms with E-state index < -0.39 is 17.5 Å². The predicted molar refractivity (Wildman–Crippen MR) is 154 cm³/mol. The van der Waals surface area contributed by atoms with Gasteiger partial charge in [0.1, 0.15) is 23.5 Å². The lowest BCUT2D eigenvalue weighted by atomic mass is 9.87. The van der Waals surface area contributed by atoms with Crippen molar-refractivity contribution >= 4 is 18.2 Å². The molecule has 212 valence electrons. The molecule has 0 N–H and O–H groups in total. The Bertz CT molecular complexity index is 1320. The number of nitrogens with zero attached hydrogens (tertiary/aromatic N) is 1. The molecule has 0 spiro atoms. The van der Waals surface area contributed by atoms with E-state index in [1.807, 2.05) is 12.1 Å². The molecule has 0 bridgehead atoms. The van der Waals surface area contributed by atoms with Crippen molar-refractivity contribution in [2.24, 2.45) is 5.16 Å². The van der Waals surface area contributed by atoms with Crippen LogP contribution in [0.1, 0.15) is 73.4 Å². The van der Waals surface area contributed by atoms with Crippen LogP contribution >= 0.6 is 0 Å². The van der Waals surface area contributed by atoms with Crippen LogP contribution in [0.2, 0.25) is 0 Å². The maximum Gasteiger partial charge on any atom is 0.343 e. The minimum atomic E-state index is -0.746. The molecule has 0 radical (unpaired) electrons. The summed E-state index contributed by atoms with van der Waals surface area (Å²) in [6, 6.07) is 19.3. The number of methoxy groups -OCH3 is 1. The number of hydrogen-bond donors (Lipinski definition) is 0. The molecule has 0 saturated heterocycles. The highest BCUT2D eigenvalue weighted by Gasteiger charge is 2.25. The lowest BCUT2D eigenvalue weighted by Gasteiger charge is -2.21. The molecule has 3 rings (SSSR count). The Morgan fingerprint density at radius 2 is 1.50 bits per heavy atom. The van der Waals surface area contributed by atoms with Crippen LogP contribution in [0.4, 0.5) is 0 Å². The van der Waals surface area contributed by atoms with Crippen LogP contribution in [0.15, 0.2) is 71.9 Å². The SMILES string of the molecule is COc1ccc(C(=O)Oc2c(OCCO/N=C/c3ccc(C(C)(C)C)cc3)cccc2C(=O)OC(C)(C)C)cc1. The van der Waals surface area contributed by atoms with E-state index in [4.69, 9.17) is 23.8 Å². The van der Waals surface area contributed by atoms with Crippen molar-refractivity contribution in [3.63, 3.8) is 0 Å². The van der Waals surface area contributed by atoms with Crippen molar-refractivity contribution in [3.05, 3.63) is 89.0 Å². The minimum Gasteiger partial charge on any atom is -0.497 e. The van der Waals surface area contributed by atoms with E-state index in [-0.39, 0.29) is 41.3 Å². The summed E-state index contributed by atoms with van der Waals surface area (Å²) >= 11 is 0. The van der Waals surface area contributed by atoms with Gasteiger partial charge in [0, 0.05) is 0 Å². The molecule has 8 heteroatoms. The number of ether oxygens (including phenoxy) is 4. The van der Waals surface area contributed by atoms with Gasteiger partial charge in [0.2, 0.25) is 0 Å². The van der Waals surface area contributed by atoms with E-state index in [9.17, 15) is 9.59 Å². The zero-order chi connectivity index (χ0) is 29.3. The van der Waals surface area contributed by atoms with Crippen molar-refractivity contribution in [1.29, 1.82) is 0 Å². The average molecular weight is 548 g/mol. The second-order valence-corrected chi connectivity index (χ2v) is 11.0. The van der Waals surface area contributed by atoms with Gasteiger partial charge in [0.05, 0.1) is 18.9 Å². The van der Waals surface area contributed by atoms with Crippen molar-refractivity contribution in [2.75, 3.05) is 20.3 Å². The first-order chi connectivity index (χ1) is 18.9. The van der Waals surface area contributed by atoms with Crippen LogP contribution in [0, 0.1) is 0 Å². The standard InChI is InChI=1S/C32H37NO7/c1-31(2,3)24-15-11-22(12-16-24)21-33-38-20-19-37-27-10-8-9-26(30(35)40-32(4,5)6)28(27)39-29(34)23-13-17-25(36-7)18-14-23/h8-18,21H,19-20H2,1-7H3/b33-21+. The van der Waals surface area contributed by atoms with Crippen LogP contribution in [-0.2, 0) is 15.0 Å². The number of para-hydroxylation sites is 1. The molecule has 0 heterocycles. The van der Waals surface area contributed by atoms with E-state index in [1.165, 1.54) is 18.7 Å². The smallest absolute Gasteiger partial charge is 0.343 e. The van der Waals surface area contributed by atoms with E-state index >= 15 is 0 Å². The Kier molecular flexibility index (Phi) is 9.93. The molecule has 0 amide bonds. The zero-order valence-electron chi connectivity index (χ0n) is 24.1. The van der Waals surface area contributed by atoms with Gasteiger partial charge in [-0.25, -0.2) is 9.59 Å². The number of carbonyl (C=O) groups excluding carboxylic acids is 2. The number of esters is 2. The molecule has 0 aliphatic carbocycles. The Morgan fingerprint density at radius 3 is 2.10 bits per heavy atom. The fraction of sp³-hybridized carbons (Fsp3) is 0.344. The summed E-state index contributed by atoms with van der Waals surface area (Å²) in [5, 5.41) is 4.00. The molecule has 0 aliphatic rings. The molecule has 0 fully saturated rings. The third-order valence-corrected chi connectivity index (χ3v) is 5.60. The number of benzene rings is 3. The topological polar surface area (TPSA) is 92.7 Å². The van der Waals surface area contributed by atoms with Crippen LogP contribution in [0.5, 0.6) is 17.2 Å². The molecule has 3 aromatic carbocycles. The van der Waals surface area contributed by atoms with Crippen molar-refractivity contribution < 1.29 is 33.4 Å². The van der Waals surface area contributed by atoms with Crippen molar-refractivity contribution in [2.45, 2.75) is 52.6 Å². The minimum absolute atomic E-state index is 0.0417. The van der Waals surface area contributed by atoms with E-state index in [0.29, 0.717) is 5.75 Å². The van der Waals surface area contributed by atoms with Crippen LogP contribution in [-0.4, -0.2) is 44.1 Å². The van der Waals surface area contributed by atoms with Crippen molar-refractivity contribution in [1.82, 2.24) is 0 Å². The number of carbonyl (C=O) groups is 2. The van der Waals surface area contributed by atoms with Gasteiger partial charge in [-0.1, -0.05) is 56.3 Å². The number of oxime groups is 1. The normalized spacial score (nSPS) is 11.7. The summed E-state index contributed by atoms with van der Waals surface area (Å²) in [4.78, 5) is 31.2. The molecule has 8 nitrogen and oxygen atoms in total. The van der Waals surface area contributed by atoms with E-state index in [2.05, 4.69) is 38.1 Å². The Morgan fingerprint density at radius 1 is 0.825 bits per heavy atom. The summed E-state index contributed by atoms with van der Waals surface area (Å²) in [5.41, 5.74) is 1.81. The molecule has 3 aromatic rings. The first kappa shape index (κ1) is 30.2. The third kappa shape index (κ3) is 8.86. The summed E-state index contributed by atoms with van der Waals surface area (Å²) in [7, 11) is 1.53. The Balaban J connectivity index is 1.70. The van der Waals surface area contributed by atoms with Gasteiger partial charge in [-0.2, -0.15) is 0 Å². The van der Waals surface area contributed by atoms with Gasteiger partial charge in [-0.3, -0.25) is 0 Å². The molecular formula is C32H37NO7. The molecule has 40 heavy (non-hydrogen) atoms. The monoisotopic (exact) mass is 547 g/mol. The van der Waals surface area contributed by atoms with Gasteiger partial charge < -0.3 is 23.8 Å². The molecule has 0 aromatic heterocycles. The largest absolute Gasteiger partial charge is 0.497 e. The van der Waals surface area contributed by atoms with Gasteiger partial charge in [-0.15, -0.1) is 0 Å². The van der Waals surface area contributed by atoms with Gasteiger partial charge in [-0.05, 0) is 73.7 Å². The van der Waals surface area contributed by atoms with E-state index in [1.54, 1.807) is 63.4 Å². The molecule has 0 saturated carbocycles. The molecule has 0 atom stereocenters. The molecule has 0 unspecified atom stereocenters. The fourth-order valence-corrected chi connectivity index (χ4v) is 3.52. The summed E-state index contributed by atoms with van der Waals surface area (Å²) in [6.45, 7) is 12.0. The molecule has 0 aliphatic heterocycles. The maximum absolute atomic E-state index is 12.9. The first-order valence-corrected chi connectivity index (χ1v) is 13.0. The summed E-state index contributed by atoms with van der Waals surface area (Å²) in [6.07, 6.45) is 1.62. The zero-order valence-corrected chi connectivity index (χ0v) is 24.1. The highest BCUT2D eigenvalue weighted by atomic mass is 16.6. The predicted octanol–water partition coefficient (Wildman–Crippen LogP) is 6.60. The lowest BCUT2D eigenvalue weighted by molar-refractivity contribution is 0.00660. The summed E-state index contributed by atoms with van der Waals surface area (Å²) < 4.78 is 22.2. The van der Waals surface area contributed by atoms with Crippen LogP contribution in [0.25, 0.3) is 0 Å². The van der Waals surface area contributed by atoms with Crippen molar-refractivity contribution in [3.8, 4) is 17.2 Å². The quantitative estimate of drug-likeness (QED) is 0.0929. The fourth-order valence-electron chi connectivity index (χ4n) is 3.52. The Labute approximate surface area is 235 Å². The second-order valence-electron chi connectivity index (χ2n) is 11.0. The Hall–Kier alpha value is -4.33. The highest BCUT2D eigenvalue weighted by Crippen LogP contribution is 2.33. The first-order valence-electron chi connectivity index (χ1n) is 13.0. The number of rotatable bonds is 10. The summed E-state index contributed by atoms with van der Waals surface area (Å²) in [5.74, 6) is -0.564. The van der Waals surface area contributed by atoms with Gasteiger partial charge in [0.25, 0.3) is 0 Å². The maximum atomic E-state index is 12.9. The molecular weight excluding hydrogens is 510 g/mol. The third-order valence-electron chi connectivity index (χ3n) is 5.60. The van der Waals surface area contributed by atoms with Gasteiger partial charge in [0.15, 0.2) is 18.1 Å². The number of hydrogen-bond acceptors (Lipinski definition) is 8. The second kappa shape index (κ2) is 13.2. The lowest BCUT2D eigenvalue weighted by Crippen LogP contribution is -2.24. The van der Waals surface area contributed by atoms with E-state index in [0.717, 1.165) is 5.56 Å². The highest BCUT2D eigenvalue weighted by molar-refractivity contribution is 5.97. The van der Waals surface area contributed by atoms with Gasteiger partial charge >= 0.3 is 11.9 Å².